The number of benzene rings is 2. The molecule has 0 fully saturated rings. The Bertz CT molecular complexity index is 934. The Morgan fingerprint density at radius 2 is 1.92 bits per heavy atom. The van der Waals surface area contributed by atoms with Gasteiger partial charge in [-0.15, -0.1) is 0 Å². The third-order valence-electron chi connectivity index (χ3n) is 3.90. The van der Waals surface area contributed by atoms with E-state index in [9.17, 15) is 13.2 Å². The van der Waals surface area contributed by atoms with Crippen molar-refractivity contribution >= 4 is 27.1 Å². The fourth-order valence-electron chi connectivity index (χ4n) is 2.48. The predicted octanol–water partition coefficient (Wildman–Crippen LogP) is 2.85. The summed E-state index contributed by atoms with van der Waals surface area (Å²) in [6, 6.07) is 14.0. The van der Waals surface area contributed by atoms with E-state index in [2.05, 4.69) is 10.5 Å². The third-order valence-corrected chi connectivity index (χ3v) is 5.01. The zero-order valence-corrected chi connectivity index (χ0v) is 14.7. The maximum atomic E-state index is 12.3. The Morgan fingerprint density at radius 3 is 2.60 bits per heavy atom. The van der Waals surface area contributed by atoms with Crippen LogP contribution < -0.4 is 5.32 Å². The number of amides is 1. The summed E-state index contributed by atoms with van der Waals surface area (Å²) >= 11 is 0. The molecular weight excluding hydrogens is 340 g/mol. The van der Waals surface area contributed by atoms with Crippen molar-refractivity contribution in [1.29, 1.82) is 0 Å². The Kier molecular flexibility index (Phi) is 4.59. The SMILES string of the molecule is Cc1ccc(C2CC(C(=O)Nc3cccc(S(C)(=O)=O)c3)=NO2)cc1. The number of nitrogens with zero attached hydrogens (tertiary/aromatic N) is 1. The van der Waals surface area contributed by atoms with Crippen molar-refractivity contribution in [3.8, 4) is 0 Å². The second-order valence-corrected chi connectivity index (χ2v) is 8.02. The molecule has 7 heteroatoms. The third kappa shape index (κ3) is 4.06. The first-order chi connectivity index (χ1) is 11.8. The molecule has 0 aliphatic carbocycles. The Morgan fingerprint density at radius 1 is 1.20 bits per heavy atom. The van der Waals surface area contributed by atoms with Crippen LogP contribution in [0.2, 0.25) is 0 Å². The van der Waals surface area contributed by atoms with E-state index < -0.39 is 15.7 Å². The van der Waals surface area contributed by atoms with E-state index in [0.717, 1.165) is 17.4 Å². The average Bonchev–Trinajstić information content (AvgIpc) is 3.05. The first-order valence-electron chi connectivity index (χ1n) is 7.73. The molecule has 1 heterocycles. The minimum atomic E-state index is -3.33. The maximum absolute atomic E-state index is 12.3. The molecule has 0 spiro atoms. The van der Waals surface area contributed by atoms with Gasteiger partial charge in [-0.2, -0.15) is 0 Å². The second-order valence-electron chi connectivity index (χ2n) is 6.00. The van der Waals surface area contributed by atoms with Crippen LogP contribution in [-0.4, -0.2) is 26.3 Å². The lowest BCUT2D eigenvalue weighted by Crippen LogP contribution is -2.22. The molecule has 0 radical (unpaired) electrons. The number of oxime groups is 1. The van der Waals surface area contributed by atoms with Crippen molar-refractivity contribution in [1.82, 2.24) is 0 Å². The summed E-state index contributed by atoms with van der Waals surface area (Å²) in [7, 11) is -3.33. The molecule has 0 saturated carbocycles. The summed E-state index contributed by atoms with van der Waals surface area (Å²) in [5.74, 6) is -0.403. The van der Waals surface area contributed by atoms with Crippen molar-refractivity contribution in [2.45, 2.75) is 24.3 Å². The van der Waals surface area contributed by atoms with Gasteiger partial charge in [-0.25, -0.2) is 8.42 Å². The molecule has 6 nitrogen and oxygen atoms in total. The van der Waals surface area contributed by atoms with Crippen molar-refractivity contribution in [2.75, 3.05) is 11.6 Å². The molecular formula is C18H18N2O4S. The molecule has 1 aliphatic heterocycles. The fraction of sp³-hybridized carbons (Fsp3) is 0.222. The average molecular weight is 358 g/mol. The first kappa shape index (κ1) is 17.2. The van der Waals surface area contributed by atoms with E-state index in [1.807, 2.05) is 31.2 Å². The zero-order valence-electron chi connectivity index (χ0n) is 13.9. The van der Waals surface area contributed by atoms with Crippen LogP contribution in [0.5, 0.6) is 0 Å². The zero-order chi connectivity index (χ0) is 18.0. The van der Waals surface area contributed by atoms with Crippen LogP contribution in [0.1, 0.15) is 23.7 Å². The highest BCUT2D eigenvalue weighted by molar-refractivity contribution is 7.90. The van der Waals surface area contributed by atoms with Gasteiger partial charge in [-0.3, -0.25) is 4.79 Å². The molecule has 2 aromatic rings. The molecule has 0 aromatic heterocycles. The van der Waals surface area contributed by atoms with Gasteiger partial charge in [0.1, 0.15) is 5.71 Å². The highest BCUT2D eigenvalue weighted by Crippen LogP contribution is 2.28. The Hall–Kier alpha value is -2.67. The number of carbonyl (C=O) groups is 1. The smallest absolute Gasteiger partial charge is 0.273 e. The van der Waals surface area contributed by atoms with Gasteiger partial charge in [0.2, 0.25) is 0 Å². The molecule has 0 saturated heterocycles. The second kappa shape index (κ2) is 6.68. The fourth-order valence-corrected chi connectivity index (χ4v) is 3.15. The van der Waals surface area contributed by atoms with E-state index in [1.165, 1.54) is 12.1 Å². The number of anilines is 1. The summed E-state index contributed by atoms with van der Waals surface area (Å²) in [6.45, 7) is 2.00. The summed E-state index contributed by atoms with van der Waals surface area (Å²) in [4.78, 5) is 17.8. The lowest BCUT2D eigenvalue weighted by Gasteiger charge is -2.08. The first-order valence-corrected chi connectivity index (χ1v) is 9.63. The van der Waals surface area contributed by atoms with Crippen molar-refractivity contribution in [3.63, 3.8) is 0 Å². The van der Waals surface area contributed by atoms with Crippen LogP contribution in [0.15, 0.2) is 58.6 Å². The number of carbonyl (C=O) groups excluding carboxylic acids is 1. The molecule has 1 aliphatic rings. The van der Waals surface area contributed by atoms with Gasteiger partial charge < -0.3 is 10.2 Å². The quantitative estimate of drug-likeness (QED) is 0.911. The highest BCUT2D eigenvalue weighted by atomic mass is 32.2. The number of sulfone groups is 1. The normalized spacial score (nSPS) is 16.9. The van der Waals surface area contributed by atoms with Gasteiger partial charge in [-0.05, 0) is 30.7 Å². The van der Waals surface area contributed by atoms with Crippen LogP contribution >= 0.6 is 0 Å². The summed E-state index contributed by atoms with van der Waals surface area (Å²) in [5, 5.41) is 6.53. The monoisotopic (exact) mass is 358 g/mol. The molecule has 1 N–H and O–H groups in total. The van der Waals surface area contributed by atoms with Gasteiger partial charge in [0.15, 0.2) is 15.9 Å². The highest BCUT2D eigenvalue weighted by Gasteiger charge is 2.27. The van der Waals surface area contributed by atoms with E-state index in [1.54, 1.807) is 12.1 Å². The number of hydrogen-bond donors (Lipinski definition) is 1. The molecule has 3 rings (SSSR count). The summed E-state index contributed by atoms with van der Waals surface area (Å²) in [5.41, 5.74) is 2.77. The molecule has 1 unspecified atom stereocenters. The maximum Gasteiger partial charge on any atom is 0.273 e. The van der Waals surface area contributed by atoms with Crippen LogP contribution in [-0.2, 0) is 19.5 Å². The van der Waals surface area contributed by atoms with Gasteiger partial charge in [0.25, 0.3) is 5.91 Å². The van der Waals surface area contributed by atoms with Gasteiger partial charge in [0, 0.05) is 18.4 Å². The summed E-state index contributed by atoms with van der Waals surface area (Å²) < 4.78 is 23.2. The van der Waals surface area contributed by atoms with Crippen LogP contribution in [0, 0.1) is 6.92 Å². The van der Waals surface area contributed by atoms with Crippen molar-refractivity contribution < 1.29 is 18.0 Å². The standard InChI is InChI=1S/C18H18N2O4S/c1-12-6-8-13(9-7-12)17-11-16(20-24-17)18(21)19-14-4-3-5-15(10-14)25(2,22)23/h3-10,17H,11H2,1-2H3,(H,19,21). The minimum Gasteiger partial charge on any atom is -0.387 e. The number of aryl methyl sites for hydroxylation is 1. The van der Waals surface area contributed by atoms with Crippen LogP contribution in [0.4, 0.5) is 5.69 Å². The van der Waals surface area contributed by atoms with Crippen molar-refractivity contribution in [2.24, 2.45) is 5.16 Å². The lowest BCUT2D eigenvalue weighted by molar-refractivity contribution is -0.110. The number of hydrogen-bond acceptors (Lipinski definition) is 5. The number of nitrogens with one attached hydrogen (secondary N) is 1. The Labute approximate surface area is 146 Å². The van der Waals surface area contributed by atoms with Gasteiger partial charge in [-0.1, -0.05) is 41.1 Å². The topological polar surface area (TPSA) is 84.8 Å². The van der Waals surface area contributed by atoms with Crippen LogP contribution in [0.25, 0.3) is 0 Å². The van der Waals surface area contributed by atoms with Crippen molar-refractivity contribution in [3.05, 3.63) is 59.7 Å². The lowest BCUT2D eigenvalue weighted by atomic mass is 10.0. The largest absolute Gasteiger partial charge is 0.387 e. The minimum absolute atomic E-state index is 0.146. The molecule has 1 atom stereocenters. The van der Waals surface area contributed by atoms with E-state index in [0.29, 0.717) is 12.1 Å². The molecule has 1 amide bonds. The molecule has 25 heavy (non-hydrogen) atoms. The number of rotatable bonds is 4. The van der Waals surface area contributed by atoms with E-state index >= 15 is 0 Å². The van der Waals surface area contributed by atoms with E-state index in [4.69, 9.17) is 4.84 Å². The van der Waals surface area contributed by atoms with Gasteiger partial charge >= 0.3 is 0 Å². The molecule has 0 bridgehead atoms. The van der Waals surface area contributed by atoms with E-state index in [-0.39, 0.29) is 16.7 Å². The van der Waals surface area contributed by atoms with Gasteiger partial charge in [0.05, 0.1) is 4.90 Å². The molecule has 2 aromatic carbocycles. The predicted molar refractivity (Wildman–Crippen MR) is 95.2 cm³/mol. The summed E-state index contributed by atoms with van der Waals surface area (Å²) in [6.07, 6.45) is 1.19. The molecule has 130 valence electrons. The Balaban J connectivity index is 1.68. The van der Waals surface area contributed by atoms with Crippen LogP contribution in [0.3, 0.4) is 0 Å².